The Morgan fingerprint density at radius 1 is 1.00 bits per heavy atom. The zero-order valence-corrected chi connectivity index (χ0v) is 14.2. The number of benzene rings is 1. The molecule has 118 valence electrons. The highest BCUT2D eigenvalue weighted by Crippen LogP contribution is 2.37. The SMILES string of the molecule is CCCC(CCC)C(NCC)c1ccc(C2CCC2)cc1. The van der Waals surface area contributed by atoms with E-state index in [2.05, 4.69) is 50.4 Å². The van der Waals surface area contributed by atoms with Crippen molar-refractivity contribution in [2.24, 2.45) is 5.92 Å². The number of hydrogen-bond donors (Lipinski definition) is 1. The van der Waals surface area contributed by atoms with Crippen LogP contribution in [0.2, 0.25) is 0 Å². The van der Waals surface area contributed by atoms with Gasteiger partial charge >= 0.3 is 0 Å². The molecule has 1 aromatic carbocycles. The van der Waals surface area contributed by atoms with Gasteiger partial charge < -0.3 is 5.32 Å². The van der Waals surface area contributed by atoms with Crippen molar-refractivity contribution in [3.8, 4) is 0 Å². The van der Waals surface area contributed by atoms with Crippen LogP contribution in [0.15, 0.2) is 24.3 Å². The lowest BCUT2D eigenvalue weighted by atomic mass is 9.79. The van der Waals surface area contributed by atoms with Crippen molar-refractivity contribution >= 4 is 0 Å². The summed E-state index contributed by atoms with van der Waals surface area (Å²) in [6.45, 7) is 7.90. The summed E-state index contributed by atoms with van der Waals surface area (Å²) in [7, 11) is 0. The van der Waals surface area contributed by atoms with Crippen LogP contribution in [0.1, 0.15) is 88.8 Å². The Bertz CT molecular complexity index is 385. The van der Waals surface area contributed by atoms with Gasteiger partial charge in [0.05, 0.1) is 0 Å². The first kappa shape index (κ1) is 16.5. The molecule has 0 spiro atoms. The first-order chi connectivity index (χ1) is 10.3. The van der Waals surface area contributed by atoms with Crippen molar-refractivity contribution in [1.82, 2.24) is 5.32 Å². The highest BCUT2D eigenvalue weighted by atomic mass is 14.9. The van der Waals surface area contributed by atoms with Crippen LogP contribution in [0.4, 0.5) is 0 Å². The molecule has 0 heterocycles. The summed E-state index contributed by atoms with van der Waals surface area (Å²) in [6, 6.07) is 10.1. The second-order valence-corrected chi connectivity index (χ2v) is 6.67. The van der Waals surface area contributed by atoms with Gasteiger partial charge in [0, 0.05) is 6.04 Å². The van der Waals surface area contributed by atoms with E-state index in [1.165, 1.54) is 50.5 Å². The predicted molar refractivity (Wildman–Crippen MR) is 92.8 cm³/mol. The lowest BCUT2D eigenvalue weighted by Crippen LogP contribution is -2.28. The minimum atomic E-state index is 0.533. The third-order valence-corrected chi connectivity index (χ3v) is 5.09. The normalized spacial score (nSPS) is 17.0. The summed E-state index contributed by atoms with van der Waals surface area (Å²) in [6.07, 6.45) is 9.43. The molecule has 1 aliphatic rings. The van der Waals surface area contributed by atoms with Gasteiger partial charge in [0.1, 0.15) is 0 Å². The van der Waals surface area contributed by atoms with E-state index in [0.717, 1.165) is 18.4 Å². The van der Waals surface area contributed by atoms with E-state index in [0.29, 0.717) is 6.04 Å². The van der Waals surface area contributed by atoms with Crippen molar-refractivity contribution in [3.05, 3.63) is 35.4 Å². The van der Waals surface area contributed by atoms with E-state index in [9.17, 15) is 0 Å². The molecular formula is C20H33N. The minimum absolute atomic E-state index is 0.533. The van der Waals surface area contributed by atoms with Gasteiger partial charge in [-0.05, 0) is 55.2 Å². The Morgan fingerprint density at radius 3 is 2.05 bits per heavy atom. The molecule has 1 N–H and O–H groups in total. The zero-order valence-electron chi connectivity index (χ0n) is 14.2. The van der Waals surface area contributed by atoms with Crippen LogP contribution in [0, 0.1) is 5.92 Å². The molecule has 0 bridgehead atoms. The van der Waals surface area contributed by atoms with Gasteiger partial charge in [-0.2, -0.15) is 0 Å². The van der Waals surface area contributed by atoms with Gasteiger partial charge in [-0.1, -0.05) is 64.3 Å². The molecule has 2 rings (SSSR count). The van der Waals surface area contributed by atoms with Gasteiger partial charge in [-0.15, -0.1) is 0 Å². The second-order valence-electron chi connectivity index (χ2n) is 6.67. The molecule has 1 nitrogen and oxygen atoms in total. The van der Waals surface area contributed by atoms with Crippen molar-refractivity contribution in [3.63, 3.8) is 0 Å². The first-order valence-corrected chi connectivity index (χ1v) is 9.13. The van der Waals surface area contributed by atoms with Crippen molar-refractivity contribution in [2.75, 3.05) is 6.54 Å². The van der Waals surface area contributed by atoms with Crippen LogP contribution in [0.3, 0.4) is 0 Å². The zero-order chi connectivity index (χ0) is 15.1. The van der Waals surface area contributed by atoms with Crippen LogP contribution >= 0.6 is 0 Å². The standard InChI is InChI=1S/C20H33N/c1-4-8-18(9-5-2)20(21-6-3)19-14-12-17(13-15-19)16-10-7-11-16/h12-16,18,20-21H,4-11H2,1-3H3. The van der Waals surface area contributed by atoms with E-state index in [4.69, 9.17) is 0 Å². The van der Waals surface area contributed by atoms with Crippen molar-refractivity contribution < 1.29 is 0 Å². The van der Waals surface area contributed by atoms with Crippen molar-refractivity contribution in [2.45, 2.75) is 77.7 Å². The van der Waals surface area contributed by atoms with Crippen LogP contribution in [0.5, 0.6) is 0 Å². The van der Waals surface area contributed by atoms with E-state index >= 15 is 0 Å². The lowest BCUT2D eigenvalue weighted by molar-refractivity contribution is 0.320. The molecule has 1 aromatic rings. The summed E-state index contributed by atoms with van der Waals surface area (Å²) in [5.41, 5.74) is 3.05. The predicted octanol–water partition coefficient (Wildman–Crippen LogP) is 5.82. The Balaban J connectivity index is 2.11. The van der Waals surface area contributed by atoms with Gasteiger partial charge in [-0.25, -0.2) is 0 Å². The van der Waals surface area contributed by atoms with Gasteiger partial charge in [0.15, 0.2) is 0 Å². The third-order valence-electron chi connectivity index (χ3n) is 5.09. The molecular weight excluding hydrogens is 254 g/mol. The first-order valence-electron chi connectivity index (χ1n) is 9.13. The molecule has 0 radical (unpaired) electrons. The molecule has 0 aromatic heterocycles. The molecule has 1 fully saturated rings. The average Bonchev–Trinajstić information content (AvgIpc) is 2.44. The molecule has 1 heteroatoms. The Labute approximate surface area is 131 Å². The van der Waals surface area contributed by atoms with Gasteiger partial charge in [0.25, 0.3) is 0 Å². The maximum Gasteiger partial charge on any atom is 0.0348 e. The fraction of sp³-hybridized carbons (Fsp3) is 0.700. The van der Waals surface area contributed by atoms with E-state index < -0.39 is 0 Å². The molecule has 0 saturated heterocycles. The van der Waals surface area contributed by atoms with Crippen LogP contribution in [0.25, 0.3) is 0 Å². The van der Waals surface area contributed by atoms with E-state index in [-0.39, 0.29) is 0 Å². The Morgan fingerprint density at radius 2 is 1.62 bits per heavy atom. The monoisotopic (exact) mass is 287 g/mol. The maximum atomic E-state index is 3.75. The number of nitrogens with one attached hydrogen (secondary N) is 1. The minimum Gasteiger partial charge on any atom is -0.310 e. The largest absolute Gasteiger partial charge is 0.310 e. The summed E-state index contributed by atoms with van der Waals surface area (Å²) >= 11 is 0. The van der Waals surface area contributed by atoms with E-state index in [1.54, 1.807) is 5.56 Å². The Kier molecular flexibility index (Phi) is 6.76. The highest BCUT2D eigenvalue weighted by molar-refractivity contribution is 5.29. The number of rotatable bonds is 9. The molecule has 1 saturated carbocycles. The van der Waals surface area contributed by atoms with Gasteiger partial charge in [0.2, 0.25) is 0 Å². The summed E-state index contributed by atoms with van der Waals surface area (Å²) in [5, 5.41) is 3.75. The van der Waals surface area contributed by atoms with Crippen molar-refractivity contribution in [1.29, 1.82) is 0 Å². The lowest BCUT2D eigenvalue weighted by Gasteiger charge is -2.29. The summed E-state index contributed by atoms with van der Waals surface area (Å²) < 4.78 is 0. The molecule has 21 heavy (non-hydrogen) atoms. The second kappa shape index (κ2) is 8.58. The molecule has 0 aliphatic heterocycles. The molecule has 0 amide bonds. The van der Waals surface area contributed by atoms with Crippen LogP contribution in [-0.2, 0) is 0 Å². The highest BCUT2D eigenvalue weighted by Gasteiger charge is 2.23. The van der Waals surface area contributed by atoms with Crippen LogP contribution < -0.4 is 5.32 Å². The maximum absolute atomic E-state index is 3.75. The topological polar surface area (TPSA) is 12.0 Å². The van der Waals surface area contributed by atoms with Gasteiger partial charge in [-0.3, -0.25) is 0 Å². The quantitative estimate of drug-likeness (QED) is 0.603. The fourth-order valence-corrected chi connectivity index (χ4v) is 3.71. The van der Waals surface area contributed by atoms with E-state index in [1.807, 2.05) is 0 Å². The summed E-state index contributed by atoms with van der Waals surface area (Å²) in [5.74, 6) is 1.62. The molecule has 1 aliphatic carbocycles. The fourth-order valence-electron chi connectivity index (χ4n) is 3.71. The summed E-state index contributed by atoms with van der Waals surface area (Å²) in [4.78, 5) is 0. The smallest absolute Gasteiger partial charge is 0.0348 e. The average molecular weight is 287 g/mol. The third kappa shape index (κ3) is 4.32. The molecule has 1 atom stereocenters. The number of hydrogen-bond acceptors (Lipinski definition) is 1. The Hall–Kier alpha value is -0.820. The molecule has 1 unspecified atom stereocenters. The van der Waals surface area contributed by atoms with Crippen LogP contribution in [-0.4, -0.2) is 6.54 Å².